The lowest BCUT2D eigenvalue weighted by Crippen LogP contribution is -2.49. The highest BCUT2D eigenvalue weighted by molar-refractivity contribution is 7.89. The highest BCUT2D eigenvalue weighted by atomic mass is 32.2. The predicted octanol–water partition coefficient (Wildman–Crippen LogP) is 1.59. The van der Waals surface area contributed by atoms with Crippen LogP contribution in [0.25, 0.3) is 0 Å². The van der Waals surface area contributed by atoms with Crippen molar-refractivity contribution in [2.45, 2.75) is 37.6 Å². The summed E-state index contributed by atoms with van der Waals surface area (Å²) in [6.45, 7) is 3.70. The van der Waals surface area contributed by atoms with Crippen molar-refractivity contribution in [3.8, 4) is 0 Å². The molecule has 0 atom stereocenters. The molecule has 10 nitrogen and oxygen atoms in total. The van der Waals surface area contributed by atoms with E-state index in [0.29, 0.717) is 31.6 Å². The number of nitrogens with zero attached hydrogens (tertiary/aromatic N) is 2. The van der Waals surface area contributed by atoms with Gasteiger partial charge in [0, 0.05) is 44.4 Å². The zero-order valence-corrected chi connectivity index (χ0v) is 19.6. The number of rotatable bonds is 7. The molecule has 0 spiro atoms. The molecule has 0 unspecified atom stereocenters. The van der Waals surface area contributed by atoms with Gasteiger partial charge in [0.1, 0.15) is 0 Å². The van der Waals surface area contributed by atoms with Crippen LogP contribution >= 0.6 is 0 Å². The molecule has 0 radical (unpaired) electrons. The first-order valence-electron chi connectivity index (χ1n) is 10.5. The van der Waals surface area contributed by atoms with Crippen LogP contribution in [0.15, 0.2) is 45.9 Å². The largest absolute Gasteiger partial charge is 0.459 e. The van der Waals surface area contributed by atoms with E-state index in [1.54, 1.807) is 17.9 Å². The number of benzene rings is 1. The van der Waals surface area contributed by atoms with Crippen LogP contribution in [0.5, 0.6) is 0 Å². The average Bonchev–Trinajstić information content (AvgIpc) is 3.20. The first kappa shape index (κ1) is 24.5. The third-order valence-corrected chi connectivity index (χ3v) is 7.31. The second-order valence-corrected chi connectivity index (χ2v) is 10.1. The van der Waals surface area contributed by atoms with Crippen molar-refractivity contribution in [2.24, 2.45) is 0 Å². The van der Waals surface area contributed by atoms with Crippen molar-refractivity contribution < 1.29 is 27.2 Å². The molecule has 178 valence electrons. The standard InChI is InChI=1S/C22H28N4O6S/c1-15-10-13-32-21(15)22(29)24-18-8-11-26(12-9-18)20(28)14-25(3)33(30,31)19-6-4-17(5-7-19)23-16(2)27/h4-7,10,13,18H,8-9,11-12,14H2,1-3H3,(H,23,27)(H,24,29). The number of hydrogen-bond acceptors (Lipinski definition) is 6. The zero-order valence-electron chi connectivity index (χ0n) is 18.8. The van der Waals surface area contributed by atoms with Crippen molar-refractivity contribution >= 4 is 33.4 Å². The summed E-state index contributed by atoms with van der Waals surface area (Å²) in [4.78, 5) is 37.7. The predicted molar refractivity (Wildman–Crippen MR) is 121 cm³/mol. The number of amides is 3. The summed E-state index contributed by atoms with van der Waals surface area (Å²) in [6.07, 6.45) is 2.60. The van der Waals surface area contributed by atoms with Crippen LogP contribution in [0.1, 0.15) is 35.9 Å². The highest BCUT2D eigenvalue weighted by Crippen LogP contribution is 2.19. The van der Waals surface area contributed by atoms with Crippen LogP contribution in [-0.2, 0) is 19.6 Å². The molecule has 0 saturated carbocycles. The second kappa shape index (κ2) is 10.2. The van der Waals surface area contributed by atoms with Crippen molar-refractivity contribution in [3.05, 3.63) is 47.9 Å². The molecule has 0 aliphatic carbocycles. The Morgan fingerprint density at radius 1 is 1.12 bits per heavy atom. The normalized spacial score (nSPS) is 14.8. The highest BCUT2D eigenvalue weighted by Gasteiger charge is 2.29. The number of hydrogen-bond donors (Lipinski definition) is 2. The SMILES string of the molecule is CC(=O)Nc1ccc(S(=O)(=O)N(C)CC(=O)N2CCC(NC(=O)c3occc3C)CC2)cc1. The smallest absolute Gasteiger partial charge is 0.287 e. The number of aryl methyl sites for hydroxylation is 1. The lowest BCUT2D eigenvalue weighted by Gasteiger charge is -2.33. The van der Waals surface area contributed by atoms with Gasteiger partial charge in [0.25, 0.3) is 5.91 Å². The molecule has 11 heteroatoms. The molecule has 1 aliphatic heterocycles. The van der Waals surface area contributed by atoms with E-state index < -0.39 is 10.0 Å². The van der Waals surface area contributed by atoms with Gasteiger partial charge in [0.15, 0.2) is 5.76 Å². The van der Waals surface area contributed by atoms with E-state index in [1.165, 1.54) is 44.5 Å². The van der Waals surface area contributed by atoms with Gasteiger partial charge in [-0.05, 0) is 50.1 Å². The number of piperidine rings is 1. The van der Waals surface area contributed by atoms with E-state index in [2.05, 4.69) is 10.6 Å². The zero-order chi connectivity index (χ0) is 24.2. The van der Waals surface area contributed by atoms with Gasteiger partial charge in [-0.1, -0.05) is 0 Å². The number of carbonyl (C=O) groups excluding carboxylic acids is 3. The topological polar surface area (TPSA) is 129 Å². The molecule has 0 bridgehead atoms. The molecule has 3 rings (SSSR count). The Hall–Kier alpha value is -3.18. The van der Waals surface area contributed by atoms with Crippen LogP contribution in [0.3, 0.4) is 0 Å². The van der Waals surface area contributed by atoms with Gasteiger partial charge in [-0.25, -0.2) is 8.42 Å². The Morgan fingerprint density at radius 2 is 1.76 bits per heavy atom. The molecule has 2 aromatic rings. The summed E-state index contributed by atoms with van der Waals surface area (Å²) in [7, 11) is -2.51. The number of likely N-dealkylation sites (N-methyl/N-ethyl adjacent to an activating group) is 1. The lowest BCUT2D eigenvalue weighted by molar-refractivity contribution is -0.132. The number of sulfonamides is 1. The van der Waals surface area contributed by atoms with Crippen molar-refractivity contribution in [1.29, 1.82) is 0 Å². The van der Waals surface area contributed by atoms with Crippen LogP contribution in [0.2, 0.25) is 0 Å². The van der Waals surface area contributed by atoms with Gasteiger partial charge in [-0.15, -0.1) is 0 Å². The molecule has 1 aromatic carbocycles. The number of likely N-dealkylation sites (tertiary alicyclic amines) is 1. The molecule has 3 amide bonds. The van der Waals surface area contributed by atoms with Gasteiger partial charge in [0.05, 0.1) is 17.7 Å². The summed E-state index contributed by atoms with van der Waals surface area (Å²) >= 11 is 0. The lowest BCUT2D eigenvalue weighted by atomic mass is 10.0. The van der Waals surface area contributed by atoms with Crippen LogP contribution in [-0.4, -0.2) is 68.1 Å². The first-order valence-corrected chi connectivity index (χ1v) is 12.0. The maximum absolute atomic E-state index is 12.8. The number of anilines is 1. The first-order chi connectivity index (χ1) is 15.6. The van der Waals surface area contributed by atoms with E-state index in [1.807, 2.05) is 0 Å². The van der Waals surface area contributed by atoms with E-state index in [0.717, 1.165) is 9.87 Å². The maximum Gasteiger partial charge on any atom is 0.287 e. The molecule has 1 fully saturated rings. The van der Waals surface area contributed by atoms with Gasteiger partial charge in [0.2, 0.25) is 21.8 Å². The van der Waals surface area contributed by atoms with Crippen LogP contribution in [0.4, 0.5) is 5.69 Å². The summed E-state index contributed by atoms with van der Waals surface area (Å²) in [5, 5.41) is 5.50. The van der Waals surface area contributed by atoms with Crippen LogP contribution in [0, 0.1) is 6.92 Å². The quantitative estimate of drug-likeness (QED) is 0.624. The Morgan fingerprint density at radius 3 is 2.30 bits per heavy atom. The minimum absolute atomic E-state index is 0.0292. The summed E-state index contributed by atoms with van der Waals surface area (Å²) < 4.78 is 31.8. The molecule has 1 aliphatic rings. The summed E-state index contributed by atoms with van der Waals surface area (Å²) in [6, 6.07) is 7.39. The Labute approximate surface area is 193 Å². The van der Waals surface area contributed by atoms with Gasteiger partial charge >= 0.3 is 0 Å². The monoisotopic (exact) mass is 476 g/mol. The minimum atomic E-state index is -3.87. The molecular formula is C22H28N4O6S. The van der Waals surface area contributed by atoms with E-state index in [9.17, 15) is 22.8 Å². The fraction of sp³-hybridized carbons (Fsp3) is 0.409. The van der Waals surface area contributed by atoms with Gasteiger partial charge in [-0.3, -0.25) is 14.4 Å². The molecule has 33 heavy (non-hydrogen) atoms. The minimum Gasteiger partial charge on any atom is -0.459 e. The van der Waals surface area contributed by atoms with Gasteiger partial charge < -0.3 is 20.0 Å². The third-order valence-electron chi connectivity index (χ3n) is 5.49. The van der Waals surface area contributed by atoms with Crippen LogP contribution < -0.4 is 10.6 Å². The van der Waals surface area contributed by atoms with Crippen molar-refractivity contribution in [2.75, 3.05) is 32.0 Å². The molecule has 1 aromatic heterocycles. The molecule has 1 saturated heterocycles. The fourth-order valence-electron chi connectivity index (χ4n) is 3.60. The Bertz CT molecular complexity index is 1120. The maximum atomic E-state index is 12.8. The number of carbonyl (C=O) groups is 3. The van der Waals surface area contributed by atoms with Gasteiger partial charge in [-0.2, -0.15) is 4.31 Å². The Kier molecular flexibility index (Phi) is 7.54. The third kappa shape index (κ3) is 5.99. The van der Waals surface area contributed by atoms with E-state index in [-0.39, 0.29) is 41.0 Å². The number of nitrogens with one attached hydrogen (secondary N) is 2. The summed E-state index contributed by atoms with van der Waals surface area (Å²) in [5.41, 5.74) is 1.24. The molecule has 2 heterocycles. The molecular weight excluding hydrogens is 448 g/mol. The fourth-order valence-corrected chi connectivity index (χ4v) is 4.72. The van der Waals surface area contributed by atoms with E-state index >= 15 is 0 Å². The van der Waals surface area contributed by atoms with Crippen molar-refractivity contribution in [1.82, 2.24) is 14.5 Å². The second-order valence-electron chi connectivity index (χ2n) is 8.03. The Balaban J connectivity index is 1.52. The number of furan rings is 1. The van der Waals surface area contributed by atoms with Crippen molar-refractivity contribution in [3.63, 3.8) is 0 Å². The van der Waals surface area contributed by atoms with E-state index in [4.69, 9.17) is 4.42 Å². The summed E-state index contributed by atoms with van der Waals surface area (Å²) in [5.74, 6) is -0.557. The average molecular weight is 477 g/mol. The molecule has 2 N–H and O–H groups in total.